The van der Waals surface area contributed by atoms with Crippen LogP contribution in [0.15, 0.2) is 27.6 Å². The van der Waals surface area contributed by atoms with Crippen LogP contribution in [-0.4, -0.2) is 38.2 Å². The Morgan fingerprint density at radius 1 is 1.37 bits per heavy atom. The Hall–Kier alpha value is -0.280. The summed E-state index contributed by atoms with van der Waals surface area (Å²) in [4.78, 5) is 0.0854. The fourth-order valence-corrected chi connectivity index (χ4v) is 3.95. The van der Waals surface area contributed by atoms with E-state index in [1.54, 1.807) is 23.9 Å². The van der Waals surface area contributed by atoms with E-state index in [9.17, 15) is 8.42 Å². The third-order valence-electron chi connectivity index (χ3n) is 2.25. The molecule has 0 radical (unpaired) electrons. The van der Waals surface area contributed by atoms with Crippen LogP contribution in [0.1, 0.15) is 6.42 Å². The average molecular weight is 369 g/mol. The first-order chi connectivity index (χ1) is 8.97. The van der Waals surface area contributed by atoms with Gasteiger partial charge >= 0.3 is 0 Å². The van der Waals surface area contributed by atoms with Crippen LogP contribution in [0.3, 0.4) is 0 Å². The van der Waals surface area contributed by atoms with Gasteiger partial charge in [-0.15, -0.1) is 0 Å². The zero-order chi connectivity index (χ0) is 14.3. The van der Waals surface area contributed by atoms with Gasteiger partial charge in [0, 0.05) is 23.4 Å². The molecule has 1 rings (SSSR count). The predicted octanol–water partition coefficient (Wildman–Crippen LogP) is 1.43. The number of hydrogen-bond acceptors (Lipinski definition) is 5. The van der Waals surface area contributed by atoms with Crippen LogP contribution in [0.2, 0.25) is 0 Å². The van der Waals surface area contributed by atoms with E-state index < -0.39 is 10.0 Å². The molecule has 0 bridgehead atoms. The number of thioether (sulfide) groups is 1. The summed E-state index contributed by atoms with van der Waals surface area (Å²) in [6.07, 6.45) is 0.718. The molecule has 0 aromatic heterocycles. The molecule has 1 aromatic rings. The van der Waals surface area contributed by atoms with Crippen molar-refractivity contribution in [2.24, 2.45) is 0 Å². The first kappa shape index (κ1) is 16.8. The molecular weight excluding hydrogens is 352 g/mol. The molecule has 0 aliphatic heterocycles. The molecular formula is C11H17BrN2O3S2. The topological polar surface area (TPSA) is 92.4 Å². The fourth-order valence-electron chi connectivity index (χ4n) is 1.34. The fraction of sp³-hybridized carbons (Fsp3) is 0.455. The van der Waals surface area contributed by atoms with Gasteiger partial charge < -0.3 is 10.8 Å². The molecule has 5 nitrogen and oxygen atoms in total. The van der Waals surface area contributed by atoms with Crippen LogP contribution < -0.4 is 10.5 Å². The molecule has 19 heavy (non-hydrogen) atoms. The van der Waals surface area contributed by atoms with Crippen molar-refractivity contribution < 1.29 is 13.5 Å². The number of sulfonamides is 1. The molecule has 0 saturated heterocycles. The van der Waals surface area contributed by atoms with Crippen LogP contribution in [-0.2, 0) is 10.0 Å². The van der Waals surface area contributed by atoms with Gasteiger partial charge in [0.2, 0.25) is 10.0 Å². The first-order valence-electron chi connectivity index (χ1n) is 5.70. The zero-order valence-corrected chi connectivity index (χ0v) is 13.5. The molecule has 4 N–H and O–H groups in total. The summed E-state index contributed by atoms with van der Waals surface area (Å²) in [6, 6.07) is 4.73. The van der Waals surface area contributed by atoms with Crippen molar-refractivity contribution in [1.29, 1.82) is 0 Å². The van der Waals surface area contributed by atoms with E-state index in [1.165, 1.54) is 6.07 Å². The third kappa shape index (κ3) is 5.70. The number of aliphatic hydroxyl groups is 1. The Balaban J connectivity index is 2.54. The minimum atomic E-state index is -3.57. The molecule has 0 atom stereocenters. The van der Waals surface area contributed by atoms with E-state index in [-0.39, 0.29) is 17.2 Å². The van der Waals surface area contributed by atoms with Crippen molar-refractivity contribution in [2.75, 3.05) is 30.4 Å². The first-order valence-corrected chi connectivity index (χ1v) is 9.14. The quantitative estimate of drug-likeness (QED) is 0.476. The third-order valence-corrected chi connectivity index (χ3v) is 5.33. The highest BCUT2D eigenvalue weighted by Crippen LogP contribution is 2.22. The van der Waals surface area contributed by atoms with Crippen LogP contribution in [0.5, 0.6) is 0 Å². The van der Waals surface area contributed by atoms with Crippen molar-refractivity contribution in [1.82, 2.24) is 4.72 Å². The van der Waals surface area contributed by atoms with Gasteiger partial charge in [0.15, 0.2) is 0 Å². The van der Waals surface area contributed by atoms with Crippen molar-refractivity contribution in [3.63, 3.8) is 0 Å². The summed E-state index contributed by atoms with van der Waals surface area (Å²) in [5, 5.41) is 8.61. The molecule has 0 spiro atoms. The molecule has 0 saturated carbocycles. The van der Waals surface area contributed by atoms with Gasteiger partial charge in [-0.1, -0.05) is 15.9 Å². The SMILES string of the molecule is Nc1ccc(Br)cc1S(=O)(=O)NCCSCCCO. The molecule has 0 heterocycles. The minimum absolute atomic E-state index is 0.0854. The Morgan fingerprint density at radius 3 is 2.79 bits per heavy atom. The smallest absolute Gasteiger partial charge is 0.242 e. The van der Waals surface area contributed by atoms with Gasteiger partial charge in [-0.3, -0.25) is 0 Å². The summed E-state index contributed by atoms with van der Waals surface area (Å²) >= 11 is 4.82. The Bertz CT molecular complexity index is 509. The van der Waals surface area contributed by atoms with E-state index in [2.05, 4.69) is 20.7 Å². The monoisotopic (exact) mass is 368 g/mol. The summed E-state index contributed by atoms with van der Waals surface area (Å²) < 4.78 is 27.2. The maximum atomic E-state index is 12.0. The standard InChI is InChI=1S/C11H17BrN2O3S2/c12-9-2-3-10(13)11(8-9)19(16,17)14-4-7-18-6-1-5-15/h2-3,8,14-15H,1,4-7,13H2. The van der Waals surface area contributed by atoms with Gasteiger partial charge in [-0.2, -0.15) is 11.8 Å². The van der Waals surface area contributed by atoms with Crippen LogP contribution in [0.4, 0.5) is 5.69 Å². The molecule has 0 aliphatic rings. The molecule has 108 valence electrons. The largest absolute Gasteiger partial charge is 0.398 e. The minimum Gasteiger partial charge on any atom is -0.398 e. The van der Waals surface area contributed by atoms with Crippen molar-refractivity contribution in [3.8, 4) is 0 Å². The summed E-state index contributed by atoms with van der Waals surface area (Å²) in [6.45, 7) is 0.498. The van der Waals surface area contributed by atoms with Crippen molar-refractivity contribution in [3.05, 3.63) is 22.7 Å². The van der Waals surface area contributed by atoms with E-state index in [1.807, 2.05) is 0 Å². The van der Waals surface area contributed by atoms with Gasteiger partial charge in [0.1, 0.15) is 4.90 Å². The molecule has 0 unspecified atom stereocenters. The number of aliphatic hydroxyl groups excluding tert-OH is 1. The summed E-state index contributed by atoms with van der Waals surface area (Å²) in [7, 11) is -3.57. The van der Waals surface area contributed by atoms with E-state index in [0.29, 0.717) is 16.8 Å². The molecule has 1 aromatic carbocycles. The van der Waals surface area contributed by atoms with Gasteiger partial charge in [-0.25, -0.2) is 13.1 Å². The molecule has 8 heteroatoms. The number of anilines is 1. The number of nitrogens with two attached hydrogens (primary N) is 1. The zero-order valence-electron chi connectivity index (χ0n) is 10.3. The number of hydrogen-bond donors (Lipinski definition) is 3. The second-order valence-corrected chi connectivity index (χ2v) is 7.65. The lowest BCUT2D eigenvalue weighted by atomic mass is 10.3. The Kier molecular flexibility index (Phi) is 7.16. The molecule has 0 amide bonds. The number of rotatable bonds is 8. The van der Waals surface area contributed by atoms with Gasteiger partial charge in [-0.05, 0) is 30.4 Å². The van der Waals surface area contributed by atoms with Gasteiger partial charge in [0.05, 0.1) is 5.69 Å². The second kappa shape index (κ2) is 8.11. The van der Waals surface area contributed by atoms with Crippen LogP contribution >= 0.6 is 27.7 Å². The normalized spacial score (nSPS) is 11.7. The number of nitrogens with one attached hydrogen (secondary N) is 1. The highest BCUT2D eigenvalue weighted by Gasteiger charge is 2.16. The Morgan fingerprint density at radius 2 is 2.11 bits per heavy atom. The van der Waals surface area contributed by atoms with E-state index >= 15 is 0 Å². The lowest BCUT2D eigenvalue weighted by Crippen LogP contribution is -2.26. The number of benzene rings is 1. The molecule has 0 aliphatic carbocycles. The maximum Gasteiger partial charge on any atom is 0.242 e. The van der Waals surface area contributed by atoms with E-state index in [0.717, 1.165) is 12.2 Å². The second-order valence-electron chi connectivity index (χ2n) is 3.77. The van der Waals surface area contributed by atoms with E-state index in [4.69, 9.17) is 10.8 Å². The van der Waals surface area contributed by atoms with Gasteiger partial charge in [0.25, 0.3) is 0 Å². The highest BCUT2D eigenvalue weighted by molar-refractivity contribution is 9.10. The van der Waals surface area contributed by atoms with Crippen LogP contribution in [0, 0.1) is 0 Å². The summed E-state index contributed by atoms with van der Waals surface area (Å²) in [5.74, 6) is 1.48. The number of nitrogen functional groups attached to an aromatic ring is 1. The Labute approximate surface area is 126 Å². The van der Waals surface area contributed by atoms with Crippen molar-refractivity contribution >= 4 is 43.4 Å². The van der Waals surface area contributed by atoms with Crippen molar-refractivity contribution in [2.45, 2.75) is 11.3 Å². The predicted molar refractivity (Wildman–Crippen MR) is 82.8 cm³/mol. The lowest BCUT2D eigenvalue weighted by molar-refractivity contribution is 0.296. The summed E-state index contributed by atoms with van der Waals surface area (Å²) in [5.41, 5.74) is 5.90. The molecule has 0 fully saturated rings. The number of halogens is 1. The lowest BCUT2D eigenvalue weighted by Gasteiger charge is -2.09. The maximum absolute atomic E-state index is 12.0. The van der Waals surface area contributed by atoms with Crippen LogP contribution in [0.25, 0.3) is 0 Å². The highest BCUT2D eigenvalue weighted by atomic mass is 79.9. The average Bonchev–Trinajstić information content (AvgIpc) is 2.36.